The molecule has 0 atom stereocenters. The van der Waals surface area contributed by atoms with Crippen molar-refractivity contribution >= 4 is 0 Å². The lowest BCUT2D eigenvalue weighted by Gasteiger charge is -2.13. The molecule has 0 aliphatic carbocycles. The predicted octanol–water partition coefficient (Wildman–Crippen LogP) is 3.77. The van der Waals surface area contributed by atoms with Gasteiger partial charge in [0.15, 0.2) is 0 Å². The Hall–Kier alpha value is -3.23. The summed E-state index contributed by atoms with van der Waals surface area (Å²) in [7, 11) is 0. The first-order chi connectivity index (χ1) is 13.3. The number of rotatable bonds is 5. The number of aromatic nitrogens is 3. The summed E-state index contributed by atoms with van der Waals surface area (Å²) in [4.78, 5) is 15.7. The SMILES string of the molecule is CCOc1cc(=O)n(-c2ccc(F)cc2)nc1Cc1ccnc(C(F)(F)F)c1. The van der Waals surface area contributed by atoms with Crippen LogP contribution in [0.1, 0.15) is 23.9 Å². The third-order valence-corrected chi connectivity index (χ3v) is 3.83. The summed E-state index contributed by atoms with van der Waals surface area (Å²) >= 11 is 0. The van der Waals surface area contributed by atoms with Gasteiger partial charge in [0, 0.05) is 18.7 Å². The Morgan fingerprint density at radius 3 is 2.46 bits per heavy atom. The maximum absolute atomic E-state index is 13.1. The van der Waals surface area contributed by atoms with Gasteiger partial charge in [0.1, 0.15) is 23.0 Å². The number of pyridine rings is 1. The van der Waals surface area contributed by atoms with Crippen LogP contribution in [0.4, 0.5) is 17.6 Å². The maximum Gasteiger partial charge on any atom is 0.433 e. The van der Waals surface area contributed by atoms with Crippen molar-refractivity contribution in [3.05, 3.63) is 81.8 Å². The Balaban J connectivity index is 2.05. The zero-order chi connectivity index (χ0) is 20.3. The summed E-state index contributed by atoms with van der Waals surface area (Å²) < 4.78 is 58.3. The number of nitrogens with zero attached hydrogens (tertiary/aromatic N) is 3. The Bertz CT molecular complexity index is 1030. The van der Waals surface area contributed by atoms with Gasteiger partial charge in [0.25, 0.3) is 5.56 Å². The Morgan fingerprint density at radius 1 is 1.11 bits per heavy atom. The van der Waals surface area contributed by atoms with Crippen LogP contribution in [0.5, 0.6) is 5.75 Å². The molecule has 3 aromatic rings. The van der Waals surface area contributed by atoms with Gasteiger partial charge in [-0.2, -0.15) is 23.0 Å². The highest BCUT2D eigenvalue weighted by molar-refractivity contribution is 5.36. The molecule has 0 amide bonds. The van der Waals surface area contributed by atoms with E-state index in [0.29, 0.717) is 11.3 Å². The Kier molecular flexibility index (Phi) is 5.43. The van der Waals surface area contributed by atoms with Gasteiger partial charge in [-0.25, -0.2) is 4.39 Å². The van der Waals surface area contributed by atoms with E-state index >= 15 is 0 Å². The van der Waals surface area contributed by atoms with E-state index < -0.39 is 23.2 Å². The summed E-state index contributed by atoms with van der Waals surface area (Å²) in [6.45, 7) is 1.96. The van der Waals surface area contributed by atoms with Crippen LogP contribution >= 0.6 is 0 Å². The summed E-state index contributed by atoms with van der Waals surface area (Å²) in [5, 5.41) is 4.23. The number of hydrogen-bond acceptors (Lipinski definition) is 4. The predicted molar refractivity (Wildman–Crippen MR) is 93.0 cm³/mol. The first kappa shape index (κ1) is 19.5. The lowest BCUT2D eigenvalue weighted by atomic mass is 10.1. The average molecular weight is 393 g/mol. The quantitative estimate of drug-likeness (QED) is 0.619. The van der Waals surface area contributed by atoms with Gasteiger partial charge in [0.2, 0.25) is 0 Å². The van der Waals surface area contributed by atoms with Crippen LogP contribution in [0.15, 0.2) is 53.5 Å². The van der Waals surface area contributed by atoms with Crippen LogP contribution in [-0.2, 0) is 12.6 Å². The fourth-order valence-electron chi connectivity index (χ4n) is 2.58. The molecule has 0 fully saturated rings. The highest BCUT2D eigenvalue weighted by atomic mass is 19.4. The van der Waals surface area contributed by atoms with E-state index in [1.807, 2.05) is 0 Å². The molecular weight excluding hydrogens is 378 g/mol. The van der Waals surface area contributed by atoms with Crippen molar-refractivity contribution in [3.63, 3.8) is 0 Å². The van der Waals surface area contributed by atoms with Crippen LogP contribution in [0.25, 0.3) is 5.69 Å². The molecule has 2 heterocycles. The molecule has 5 nitrogen and oxygen atoms in total. The van der Waals surface area contributed by atoms with Crippen LogP contribution in [0.2, 0.25) is 0 Å². The van der Waals surface area contributed by atoms with Crippen molar-refractivity contribution in [1.29, 1.82) is 0 Å². The topological polar surface area (TPSA) is 57.0 Å². The minimum Gasteiger partial charge on any atom is -0.492 e. The third-order valence-electron chi connectivity index (χ3n) is 3.83. The fraction of sp³-hybridized carbons (Fsp3) is 0.211. The normalized spacial score (nSPS) is 11.5. The van der Waals surface area contributed by atoms with E-state index in [1.54, 1.807) is 6.92 Å². The van der Waals surface area contributed by atoms with Crippen LogP contribution in [0.3, 0.4) is 0 Å². The van der Waals surface area contributed by atoms with Crippen molar-refractivity contribution in [2.75, 3.05) is 6.61 Å². The molecule has 0 saturated carbocycles. The third kappa shape index (κ3) is 4.36. The second kappa shape index (κ2) is 7.79. The monoisotopic (exact) mass is 393 g/mol. The molecule has 3 rings (SSSR count). The number of benzene rings is 1. The second-order valence-electron chi connectivity index (χ2n) is 5.84. The molecule has 0 aliphatic rings. The number of ether oxygens (including phenoxy) is 1. The summed E-state index contributed by atoms with van der Waals surface area (Å²) in [6.07, 6.45) is -3.52. The minimum atomic E-state index is -4.57. The number of hydrogen-bond donors (Lipinski definition) is 0. The van der Waals surface area contributed by atoms with Crippen LogP contribution in [0, 0.1) is 5.82 Å². The highest BCUT2D eigenvalue weighted by Gasteiger charge is 2.32. The standard InChI is InChI=1S/C19H15F4N3O2/c1-2-28-16-11-18(27)26(14-5-3-13(20)4-6-14)25-15(16)9-12-7-8-24-17(10-12)19(21,22)23/h3-8,10-11H,2,9H2,1H3. The molecule has 0 aliphatic heterocycles. The van der Waals surface area contributed by atoms with Gasteiger partial charge in [-0.15, -0.1) is 0 Å². The zero-order valence-electron chi connectivity index (χ0n) is 14.7. The molecule has 9 heteroatoms. The van der Waals surface area contributed by atoms with E-state index in [1.165, 1.54) is 36.4 Å². The first-order valence-electron chi connectivity index (χ1n) is 8.32. The molecule has 0 unspecified atom stereocenters. The van der Waals surface area contributed by atoms with Gasteiger partial charge < -0.3 is 4.74 Å². The molecule has 28 heavy (non-hydrogen) atoms. The molecule has 146 valence electrons. The Labute approximate surface area is 157 Å². The highest BCUT2D eigenvalue weighted by Crippen LogP contribution is 2.28. The fourth-order valence-corrected chi connectivity index (χ4v) is 2.58. The van der Waals surface area contributed by atoms with Crippen molar-refractivity contribution in [2.45, 2.75) is 19.5 Å². The zero-order valence-corrected chi connectivity index (χ0v) is 14.7. The van der Waals surface area contributed by atoms with E-state index in [4.69, 9.17) is 4.74 Å². The number of alkyl halides is 3. The van der Waals surface area contributed by atoms with Crippen molar-refractivity contribution < 1.29 is 22.3 Å². The second-order valence-corrected chi connectivity index (χ2v) is 5.84. The summed E-state index contributed by atoms with van der Waals surface area (Å²) in [5.41, 5.74) is -0.633. The van der Waals surface area contributed by atoms with Crippen LogP contribution < -0.4 is 10.3 Å². The van der Waals surface area contributed by atoms with Gasteiger partial charge in [-0.3, -0.25) is 9.78 Å². The van der Waals surface area contributed by atoms with Crippen LogP contribution in [-0.4, -0.2) is 21.4 Å². The Morgan fingerprint density at radius 2 is 1.82 bits per heavy atom. The van der Waals surface area contributed by atoms with E-state index in [-0.39, 0.29) is 24.5 Å². The van der Waals surface area contributed by atoms with E-state index in [0.717, 1.165) is 16.9 Å². The van der Waals surface area contributed by atoms with E-state index in [9.17, 15) is 22.4 Å². The smallest absolute Gasteiger partial charge is 0.433 e. The largest absolute Gasteiger partial charge is 0.492 e. The van der Waals surface area contributed by atoms with Gasteiger partial charge in [-0.1, -0.05) is 0 Å². The van der Waals surface area contributed by atoms with Gasteiger partial charge >= 0.3 is 6.18 Å². The molecule has 0 spiro atoms. The summed E-state index contributed by atoms with van der Waals surface area (Å²) in [6, 6.07) is 8.67. The lowest BCUT2D eigenvalue weighted by molar-refractivity contribution is -0.141. The minimum absolute atomic E-state index is 0.0115. The molecule has 0 N–H and O–H groups in total. The molecule has 0 saturated heterocycles. The van der Waals surface area contributed by atoms with Crippen molar-refractivity contribution in [1.82, 2.24) is 14.8 Å². The molecule has 0 radical (unpaired) electrons. The average Bonchev–Trinajstić information content (AvgIpc) is 2.64. The van der Waals surface area contributed by atoms with E-state index in [2.05, 4.69) is 10.1 Å². The summed E-state index contributed by atoms with van der Waals surface area (Å²) in [5.74, 6) is -0.296. The molecular formula is C19H15F4N3O2. The number of halogens is 4. The molecule has 0 bridgehead atoms. The van der Waals surface area contributed by atoms with Crippen molar-refractivity contribution in [3.8, 4) is 11.4 Å². The lowest BCUT2D eigenvalue weighted by Crippen LogP contribution is -2.23. The molecule has 2 aromatic heterocycles. The maximum atomic E-state index is 13.1. The van der Waals surface area contributed by atoms with Gasteiger partial charge in [0.05, 0.1) is 12.3 Å². The van der Waals surface area contributed by atoms with Gasteiger partial charge in [-0.05, 0) is 48.9 Å². The first-order valence-corrected chi connectivity index (χ1v) is 8.32. The van der Waals surface area contributed by atoms with Crippen molar-refractivity contribution in [2.24, 2.45) is 0 Å². The molecule has 1 aromatic carbocycles.